The minimum atomic E-state index is -3.21. The molecule has 2 rings (SSSR count). The van der Waals surface area contributed by atoms with Crippen molar-refractivity contribution < 1.29 is 8.42 Å². The number of hydrogen-bond acceptors (Lipinski definition) is 2. The SMILES string of the molecule is CC(C)S(=O)(=O)NC1C=C2CC=C(CCl)C=C2C1. The fraction of sp³-hybridized carbons (Fsp3) is 0.538. The molecule has 0 aromatic heterocycles. The van der Waals surface area contributed by atoms with E-state index in [2.05, 4.69) is 16.9 Å². The van der Waals surface area contributed by atoms with E-state index in [0.29, 0.717) is 5.88 Å². The summed E-state index contributed by atoms with van der Waals surface area (Å²) in [5, 5.41) is -0.399. The average Bonchev–Trinajstić information content (AvgIpc) is 2.68. The lowest BCUT2D eigenvalue weighted by atomic mass is 9.97. The molecule has 0 radical (unpaired) electrons. The average molecular weight is 288 g/mol. The third-order valence-corrected chi connectivity index (χ3v) is 5.47. The van der Waals surface area contributed by atoms with Crippen molar-refractivity contribution in [1.82, 2.24) is 4.72 Å². The van der Waals surface area contributed by atoms with E-state index in [1.165, 1.54) is 11.1 Å². The Labute approximate surface area is 114 Å². The van der Waals surface area contributed by atoms with Crippen molar-refractivity contribution >= 4 is 21.6 Å². The normalized spacial score (nSPS) is 23.6. The zero-order valence-corrected chi connectivity index (χ0v) is 12.2. The van der Waals surface area contributed by atoms with Crippen LogP contribution in [0.25, 0.3) is 0 Å². The van der Waals surface area contributed by atoms with Gasteiger partial charge in [0.05, 0.1) is 5.25 Å². The number of halogens is 1. The van der Waals surface area contributed by atoms with E-state index in [-0.39, 0.29) is 6.04 Å². The quantitative estimate of drug-likeness (QED) is 0.808. The van der Waals surface area contributed by atoms with Crippen LogP contribution in [0.3, 0.4) is 0 Å². The van der Waals surface area contributed by atoms with Crippen molar-refractivity contribution in [1.29, 1.82) is 0 Å². The molecule has 0 saturated heterocycles. The summed E-state index contributed by atoms with van der Waals surface area (Å²) >= 11 is 5.81. The molecular formula is C13H18ClNO2S. The third-order valence-electron chi connectivity index (χ3n) is 3.29. The van der Waals surface area contributed by atoms with Crippen molar-refractivity contribution in [2.24, 2.45) is 0 Å². The van der Waals surface area contributed by atoms with Gasteiger partial charge in [0.2, 0.25) is 10.0 Å². The molecule has 0 heterocycles. The molecule has 0 saturated carbocycles. The number of sulfonamides is 1. The molecule has 0 aliphatic heterocycles. The van der Waals surface area contributed by atoms with Crippen molar-refractivity contribution in [2.75, 3.05) is 5.88 Å². The molecule has 0 bridgehead atoms. The van der Waals surface area contributed by atoms with Gasteiger partial charge < -0.3 is 0 Å². The van der Waals surface area contributed by atoms with Crippen molar-refractivity contribution in [3.05, 3.63) is 34.9 Å². The Balaban J connectivity index is 2.09. The number of fused-ring (bicyclic) bond motifs is 1. The Morgan fingerprint density at radius 1 is 1.44 bits per heavy atom. The number of nitrogens with one attached hydrogen (secondary N) is 1. The van der Waals surface area contributed by atoms with Crippen LogP contribution in [0.15, 0.2) is 34.9 Å². The Hall–Kier alpha value is -0.580. The minimum Gasteiger partial charge on any atom is -0.212 e. The lowest BCUT2D eigenvalue weighted by Crippen LogP contribution is -2.37. The lowest BCUT2D eigenvalue weighted by Gasteiger charge is -2.14. The molecule has 0 fully saturated rings. The highest BCUT2D eigenvalue weighted by Crippen LogP contribution is 2.33. The van der Waals surface area contributed by atoms with Crippen LogP contribution in [0.2, 0.25) is 0 Å². The first kappa shape index (κ1) is 13.8. The zero-order valence-electron chi connectivity index (χ0n) is 10.6. The predicted octanol–water partition coefficient (Wildman–Crippen LogP) is 2.51. The molecule has 0 spiro atoms. The molecule has 18 heavy (non-hydrogen) atoms. The molecule has 0 aromatic carbocycles. The molecular weight excluding hydrogens is 270 g/mol. The van der Waals surface area contributed by atoms with Crippen LogP contribution in [-0.2, 0) is 10.0 Å². The summed E-state index contributed by atoms with van der Waals surface area (Å²) in [5.41, 5.74) is 3.56. The van der Waals surface area contributed by atoms with Gasteiger partial charge in [0.1, 0.15) is 0 Å². The molecule has 5 heteroatoms. The Bertz CT molecular complexity index is 529. The number of alkyl halides is 1. The number of hydrogen-bond donors (Lipinski definition) is 1. The van der Waals surface area contributed by atoms with Gasteiger partial charge in [-0.15, -0.1) is 11.6 Å². The van der Waals surface area contributed by atoms with Crippen LogP contribution >= 0.6 is 11.6 Å². The maximum Gasteiger partial charge on any atom is 0.214 e. The van der Waals surface area contributed by atoms with Gasteiger partial charge in [0, 0.05) is 11.9 Å². The van der Waals surface area contributed by atoms with E-state index in [9.17, 15) is 8.42 Å². The van der Waals surface area contributed by atoms with Crippen LogP contribution in [0.1, 0.15) is 26.7 Å². The summed E-state index contributed by atoms with van der Waals surface area (Å²) in [6.45, 7) is 3.37. The van der Waals surface area contributed by atoms with Gasteiger partial charge in [-0.3, -0.25) is 0 Å². The van der Waals surface area contributed by atoms with Crippen molar-refractivity contribution in [3.63, 3.8) is 0 Å². The largest absolute Gasteiger partial charge is 0.214 e. The van der Waals surface area contributed by atoms with E-state index in [1.807, 2.05) is 6.08 Å². The van der Waals surface area contributed by atoms with Crippen LogP contribution in [0.4, 0.5) is 0 Å². The Morgan fingerprint density at radius 3 is 2.78 bits per heavy atom. The lowest BCUT2D eigenvalue weighted by molar-refractivity contribution is 0.563. The third kappa shape index (κ3) is 2.87. The van der Waals surface area contributed by atoms with E-state index in [0.717, 1.165) is 18.4 Å². The first-order valence-electron chi connectivity index (χ1n) is 6.10. The van der Waals surface area contributed by atoms with Crippen LogP contribution in [-0.4, -0.2) is 25.6 Å². The van der Waals surface area contributed by atoms with Crippen molar-refractivity contribution in [3.8, 4) is 0 Å². The smallest absolute Gasteiger partial charge is 0.212 e. The molecule has 2 aliphatic rings. The zero-order chi connectivity index (χ0) is 13.3. The first-order valence-corrected chi connectivity index (χ1v) is 8.18. The molecule has 1 atom stereocenters. The van der Waals surface area contributed by atoms with Gasteiger partial charge in [-0.1, -0.05) is 18.2 Å². The Kier molecular flexibility index (Phi) is 3.99. The van der Waals surface area contributed by atoms with Gasteiger partial charge in [-0.25, -0.2) is 13.1 Å². The second-order valence-electron chi connectivity index (χ2n) is 5.00. The predicted molar refractivity (Wildman–Crippen MR) is 75.2 cm³/mol. The molecule has 2 aliphatic carbocycles. The second-order valence-corrected chi connectivity index (χ2v) is 7.54. The monoisotopic (exact) mass is 287 g/mol. The summed E-state index contributed by atoms with van der Waals surface area (Å²) in [5.74, 6) is 0.513. The topological polar surface area (TPSA) is 46.2 Å². The summed E-state index contributed by atoms with van der Waals surface area (Å²) in [4.78, 5) is 0. The summed E-state index contributed by atoms with van der Waals surface area (Å²) in [7, 11) is -3.21. The maximum absolute atomic E-state index is 11.8. The summed E-state index contributed by atoms with van der Waals surface area (Å²) in [6.07, 6.45) is 7.78. The van der Waals surface area contributed by atoms with E-state index < -0.39 is 15.3 Å². The van der Waals surface area contributed by atoms with Gasteiger partial charge in [0.25, 0.3) is 0 Å². The number of rotatable bonds is 4. The van der Waals surface area contributed by atoms with Gasteiger partial charge in [-0.2, -0.15) is 0 Å². The van der Waals surface area contributed by atoms with E-state index in [1.54, 1.807) is 13.8 Å². The van der Waals surface area contributed by atoms with Crippen LogP contribution < -0.4 is 4.72 Å². The van der Waals surface area contributed by atoms with Gasteiger partial charge in [-0.05, 0) is 43.4 Å². The fourth-order valence-corrected chi connectivity index (χ4v) is 3.20. The highest BCUT2D eigenvalue weighted by molar-refractivity contribution is 7.90. The molecule has 0 aromatic rings. The highest BCUT2D eigenvalue weighted by atomic mass is 35.5. The Morgan fingerprint density at radius 2 is 2.17 bits per heavy atom. The van der Waals surface area contributed by atoms with Gasteiger partial charge >= 0.3 is 0 Å². The van der Waals surface area contributed by atoms with Crippen molar-refractivity contribution in [2.45, 2.75) is 38.0 Å². The summed E-state index contributed by atoms with van der Waals surface area (Å²) < 4.78 is 26.4. The molecule has 3 nitrogen and oxygen atoms in total. The highest BCUT2D eigenvalue weighted by Gasteiger charge is 2.27. The fourth-order valence-electron chi connectivity index (χ4n) is 2.17. The van der Waals surface area contributed by atoms with E-state index >= 15 is 0 Å². The molecule has 0 amide bonds. The first-order chi connectivity index (χ1) is 8.42. The van der Waals surface area contributed by atoms with Gasteiger partial charge in [0.15, 0.2) is 0 Å². The summed E-state index contributed by atoms with van der Waals surface area (Å²) in [6, 6.07) is -0.110. The maximum atomic E-state index is 11.8. The molecule has 100 valence electrons. The van der Waals surface area contributed by atoms with Crippen LogP contribution in [0.5, 0.6) is 0 Å². The van der Waals surface area contributed by atoms with E-state index in [4.69, 9.17) is 11.6 Å². The molecule has 1 N–H and O–H groups in total. The van der Waals surface area contributed by atoms with Crippen LogP contribution in [0, 0.1) is 0 Å². The molecule has 1 unspecified atom stereocenters. The second kappa shape index (κ2) is 5.19. The standard InChI is InChI=1S/C13H18ClNO2S/c1-9(2)18(16,17)15-13-6-11-4-3-10(8-14)5-12(11)7-13/h3,5-6,9,13,15H,4,7-8H2,1-2H3. The minimum absolute atomic E-state index is 0.110. The number of allylic oxidation sites excluding steroid dienone is 4.